The van der Waals surface area contributed by atoms with Gasteiger partial charge in [0.05, 0.1) is 0 Å². The molecule has 0 aliphatic heterocycles. The van der Waals surface area contributed by atoms with E-state index in [2.05, 4.69) is 0 Å². The summed E-state index contributed by atoms with van der Waals surface area (Å²) >= 11 is 0. The topological polar surface area (TPSA) is 104 Å². The van der Waals surface area contributed by atoms with Crippen molar-refractivity contribution in [3.63, 3.8) is 0 Å². The van der Waals surface area contributed by atoms with Crippen molar-refractivity contribution in [3.05, 3.63) is 29.3 Å². The zero-order valence-corrected chi connectivity index (χ0v) is 11.8. The predicted molar refractivity (Wildman–Crippen MR) is 73.3 cm³/mol. The van der Waals surface area contributed by atoms with E-state index in [9.17, 15) is 14.4 Å². The molecule has 0 aliphatic rings. The molecular weight excluding hydrogens is 278 g/mol. The Labute approximate surface area is 121 Å². The maximum atomic E-state index is 11.8. The number of carbonyl (C=O) groups is 3. The van der Waals surface area contributed by atoms with Gasteiger partial charge in [-0.3, -0.25) is 14.4 Å². The molecule has 0 heterocycles. The van der Waals surface area contributed by atoms with Gasteiger partial charge in [0, 0.05) is 0 Å². The number of aliphatic carboxylic acids is 2. The number of aryl methyl sites for hydroxylation is 2. The molecule has 0 atom stereocenters. The molecule has 7 nitrogen and oxygen atoms in total. The number of hydrogen-bond acceptors (Lipinski definition) is 4. The van der Waals surface area contributed by atoms with Gasteiger partial charge in [0.25, 0.3) is 5.91 Å². The molecule has 0 saturated carbocycles. The van der Waals surface area contributed by atoms with E-state index < -0.39 is 37.5 Å². The highest BCUT2D eigenvalue weighted by Crippen LogP contribution is 2.16. The average molecular weight is 295 g/mol. The highest BCUT2D eigenvalue weighted by Gasteiger charge is 2.20. The van der Waals surface area contributed by atoms with E-state index in [-0.39, 0.29) is 0 Å². The van der Waals surface area contributed by atoms with Crippen molar-refractivity contribution < 1.29 is 29.3 Å². The lowest BCUT2D eigenvalue weighted by atomic mass is 10.1. The van der Waals surface area contributed by atoms with Gasteiger partial charge < -0.3 is 19.8 Å². The molecule has 0 radical (unpaired) electrons. The van der Waals surface area contributed by atoms with Crippen LogP contribution in [0.25, 0.3) is 0 Å². The van der Waals surface area contributed by atoms with Crippen LogP contribution in [-0.4, -0.2) is 52.7 Å². The molecule has 1 aromatic carbocycles. The fourth-order valence-electron chi connectivity index (χ4n) is 1.60. The van der Waals surface area contributed by atoms with Crippen LogP contribution in [0.15, 0.2) is 18.2 Å². The molecule has 0 spiro atoms. The SMILES string of the molecule is Cc1ccc(OCC(=O)N(CC(=O)O)CC(=O)O)cc1C. The Morgan fingerprint density at radius 3 is 2.10 bits per heavy atom. The van der Waals surface area contributed by atoms with Crippen LogP contribution in [0.4, 0.5) is 0 Å². The second-order valence-electron chi connectivity index (χ2n) is 4.57. The van der Waals surface area contributed by atoms with Gasteiger partial charge in [-0.2, -0.15) is 0 Å². The number of carboxylic acid groups (broad SMARTS) is 2. The lowest BCUT2D eigenvalue weighted by Gasteiger charge is -2.18. The summed E-state index contributed by atoms with van der Waals surface area (Å²) in [5.74, 6) is -2.79. The Kier molecular flexibility index (Phi) is 5.71. The zero-order valence-electron chi connectivity index (χ0n) is 11.8. The van der Waals surface area contributed by atoms with E-state index in [1.54, 1.807) is 12.1 Å². The Morgan fingerprint density at radius 2 is 1.62 bits per heavy atom. The molecule has 0 bridgehead atoms. The van der Waals surface area contributed by atoms with Crippen molar-refractivity contribution in [3.8, 4) is 5.75 Å². The van der Waals surface area contributed by atoms with Crippen LogP contribution >= 0.6 is 0 Å². The summed E-state index contributed by atoms with van der Waals surface area (Å²) in [5.41, 5.74) is 2.07. The summed E-state index contributed by atoms with van der Waals surface area (Å²) in [4.78, 5) is 33.8. The minimum Gasteiger partial charge on any atom is -0.484 e. The standard InChI is InChI=1S/C14H17NO6/c1-9-3-4-11(5-10(9)2)21-8-12(16)15(6-13(17)18)7-14(19)20/h3-5H,6-8H2,1-2H3,(H,17,18)(H,19,20). The summed E-state index contributed by atoms with van der Waals surface area (Å²) in [5, 5.41) is 17.3. The monoisotopic (exact) mass is 295 g/mol. The van der Waals surface area contributed by atoms with Crippen molar-refractivity contribution in [2.45, 2.75) is 13.8 Å². The van der Waals surface area contributed by atoms with E-state index >= 15 is 0 Å². The largest absolute Gasteiger partial charge is 0.484 e. The average Bonchev–Trinajstić information content (AvgIpc) is 2.38. The van der Waals surface area contributed by atoms with Crippen molar-refractivity contribution in [1.82, 2.24) is 4.90 Å². The molecule has 0 aliphatic carbocycles. The molecule has 7 heteroatoms. The van der Waals surface area contributed by atoms with E-state index in [4.69, 9.17) is 14.9 Å². The van der Waals surface area contributed by atoms with Crippen molar-refractivity contribution >= 4 is 17.8 Å². The molecule has 114 valence electrons. The number of carbonyl (C=O) groups excluding carboxylic acids is 1. The van der Waals surface area contributed by atoms with Gasteiger partial charge in [-0.05, 0) is 37.1 Å². The van der Waals surface area contributed by atoms with Crippen molar-refractivity contribution in [2.24, 2.45) is 0 Å². The highest BCUT2D eigenvalue weighted by atomic mass is 16.5. The third-order valence-corrected chi connectivity index (χ3v) is 2.85. The quantitative estimate of drug-likeness (QED) is 0.766. The van der Waals surface area contributed by atoms with Crippen LogP contribution in [0, 0.1) is 13.8 Å². The number of carboxylic acids is 2. The number of rotatable bonds is 7. The summed E-state index contributed by atoms with van der Waals surface area (Å²) in [6.07, 6.45) is 0. The number of benzene rings is 1. The molecule has 0 fully saturated rings. The lowest BCUT2D eigenvalue weighted by molar-refractivity contribution is -0.150. The molecule has 0 saturated heterocycles. The predicted octanol–water partition coefficient (Wildman–Crippen LogP) is 0.680. The fraction of sp³-hybridized carbons (Fsp3) is 0.357. The molecule has 2 N–H and O–H groups in total. The first-order valence-corrected chi connectivity index (χ1v) is 6.21. The van der Waals surface area contributed by atoms with Crippen LogP contribution in [0.5, 0.6) is 5.75 Å². The molecule has 0 aromatic heterocycles. The Bertz CT molecular complexity index is 538. The van der Waals surface area contributed by atoms with Crippen LogP contribution < -0.4 is 4.74 Å². The summed E-state index contributed by atoms with van der Waals surface area (Å²) in [7, 11) is 0. The van der Waals surface area contributed by atoms with Gasteiger partial charge in [-0.25, -0.2) is 0 Å². The van der Waals surface area contributed by atoms with Gasteiger partial charge in [-0.1, -0.05) is 6.07 Å². The van der Waals surface area contributed by atoms with E-state index in [1.165, 1.54) is 0 Å². The van der Waals surface area contributed by atoms with Gasteiger partial charge in [0.2, 0.25) is 0 Å². The van der Waals surface area contributed by atoms with Gasteiger partial charge in [0.1, 0.15) is 18.8 Å². The van der Waals surface area contributed by atoms with Crippen molar-refractivity contribution in [1.29, 1.82) is 0 Å². The molecule has 1 amide bonds. The second kappa shape index (κ2) is 7.28. The molecule has 21 heavy (non-hydrogen) atoms. The van der Waals surface area contributed by atoms with E-state index in [1.807, 2.05) is 19.9 Å². The van der Waals surface area contributed by atoms with Crippen LogP contribution in [0.3, 0.4) is 0 Å². The first kappa shape index (κ1) is 16.5. The normalized spacial score (nSPS) is 10.0. The number of amides is 1. The number of ether oxygens (including phenoxy) is 1. The first-order valence-electron chi connectivity index (χ1n) is 6.21. The number of hydrogen-bond donors (Lipinski definition) is 2. The molecule has 0 unspecified atom stereocenters. The van der Waals surface area contributed by atoms with Crippen LogP contribution in [0.1, 0.15) is 11.1 Å². The second-order valence-corrected chi connectivity index (χ2v) is 4.57. The first-order chi connectivity index (χ1) is 9.79. The molecule has 1 aromatic rings. The van der Waals surface area contributed by atoms with Gasteiger partial charge in [0.15, 0.2) is 6.61 Å². The Morgan fingerprint density at radius 1 is 1.05 bits per heavy atom. The molecular formula is C14H17NO6. The third-order valence-electron chi connectivity index (χ3n) is 2.85. The van der Waals surface area contributed by atoms with E-state index in [0.29, 0.717) is 10.6 Å². The zero-order chi connectivity index (χ0) is 16.0. The van der Waals surface area contributed by atoms with Gasteiger partial charge >= 0.3 is 11.9 Å². The summed E-state index contributed by atoms with van der Waals surface area (Å²) < 4.78 is 5.27. The summed E-state index contributed by atoms with van der Waals surface area (Å²) in [6, 6.07) is 5.27. The maximum absolute atomic E-state index is 11.8. The summed E-state index contributed by atoms with van der Waals surface area (Å²) in [6.45, 7) is 2.06. The van der Waals surface area contributed by atoms with Crippen LogP contribution in [0.2, 0.25) is 0 Å². The fourth-order valence-corrected chi connectivity index (χ4v) is 1.60. The lowest BCUT2D eigenvalue weighted by Crippen LogP contribution is -2.41. The smallest absolute Gasteiger partial charge is 0.323 e. The number of nitrogens with zero attached hydrogens (tertiary/aromatic N) is 1. The Hall–Kier alpha value is -2.57. The van der Waals surface area contributed by atoms with E-state index in [0.717, 1.165) is 11.1 Å². The maximum Gasteiger partial charge on any atom is 0.323 e. The third kappa shape index (κ3) is 5.52. The molecule has 1 rings (SSSR count). The van der Waals surface area contributed by atoms with Crippen molar-refractivity contribution in [2.75, 3.05) is 19.7 Å². The minimum absolute atomic E-state index is 0.414. The van der Waals surface area contributed by atoms with Crippen LogP contribution in [-0.2, 0) is 14.4 Å². The Balaban J connectivity index is 2.65. The highest BCUT2D eigenvalue weighted by molar-refractivity contribution is 5.85. The van der Waals surface area contributed by atoms with Gasteiger partial charge in [-0.15, -0.1) is 0 Å². The minimum atomic E-state index is -1.28.